The van der Waals surface area contributed by atoms with Crippen LogP contribution in [-0.2, 0) is 6.54 Å². The van der Waals surface area contributed by atoms with Crippen LogP contribution in [0.3, 0.4) is 0 Å². The summed E-state index contributed by atoms with van der Waals surface area (Å²) in [5, 5.41) is 3.09. The zero-order valence-corrected chi connectivity index (χ0v) is 11.3. The highest BCUT2D eigenvalue weighted by Crippen LogP contribution is 2.29. The SMILES string of the molecule is CNCc1[nH]c(-c2ccccc2OC)nc1Br. The number of benzene rings is 1. The lowest BCUT2D eigenvalue weighted by molar-refractivity contribution is 0.416. The van der Waals surface area contributed by atoms with Gasteiger partial charge in [0, 0.05) is 6.54 Å². The number of halogens is 1. The third kappa shape index (κ3) is 2.50. The lowest BCUT2D eigenvalue weighted by Crippen LogP contribution is -2.05. The molecule has 0 spiro atoms. The van der Waals surface area contributed by atoms with Gasteiger partial charge in [-0.3, -0.25) is 0 Å². The van der Waals surface area contributed by atoms with Gasteiger partial charge in [-0.25, -0.2) is 4.98 Å². The highest BCUT2D eigenvalue weighted by molar-refractivity contribution is 9.10. The second kappa shape index (κ2) is 5.33. The van der Waals surface area contributed by atoms with E-state index in [9.17, 15) is 0 Å². The van der Waals surface area contributed by atoms with Crippen LogP contribution in [0.4, 0.5) is 0 Å². The van der Waals surface area contributed by atoms with Gasteiger partial charge in [0.05, 0.1) is 18.4 Å². The number of imidazole rings is 1. The molecule has 0 saturated heterocycles. The van der Waals surface area contributed by atoms with E-state index in [1.807, 2.05) is 31.3 Å². The Morgan fingerprint density at radius 2 is 2.18 bits per heavy atom. The highest BCUT2D eigenvalue weighted by atomic mass is 79.9. The highest BCUT2D eigenvalue weighted by Gasteiger charge is 2.12. The number of nitrogens with one attached hydrogen (secondary N) is 2. The number of ether oxygens (including phenoxy) is 1. The molecule has 0 radical (unpaired) electrons. The fourth-order valence-electron chi connectivity index (χ4n) is 1.65. The van der Waals surface area contributed by atoms with Crippen LogP contribution in [0.25, 0.3) is 11.4 Å². The van der Waals surface area contributed by atoms with Gasteiger partial charge in [0.2, 0.25) is 0 Å². The van der Waals surface area contributed by atoms with Crippen LogP contribution in [-0.4, -0.2) is 24.1 Å². The number of rotatable bonds is 4. The summed E-state index contributed by atoms with van der Waals surface area (Å²) in [6, 6.07) is 7.80. The van der Waals surface area contributed by atoms with Gasteiger partial charge in [-0.2, -0.15) is 0 Å². The normalized spacial score (nSPS) is 10.5. The first kappa shape index (κ1) is 12.1. The number of aromatic amines is 1. The third-order valence-electron chi connectivity index (χ3n) is 2.44. The third-order valence-corrected chi connectivity index (χ3v) is 3.10. The monoisotopic (exact) mass is 295 g/mol. The van der Waals surface area contributed by atoms with E-state index in [0.29, 0.717) is 0 Å². The molecular formula is C12H14BrN3O. The summed E-state index contributed by atoms with van der Waals surface area (Å²) in [5.41, 5.74) is 1.98. The number of para-hydroxylation sites is 1. The van der Waals surface area contributed by atoms with Crippen molar-refractivity contribution in [2.24, 2.45) is 0 Å². The molecule has 2 rings (SSSR count). The zero-order chi connectivity index (χ0) is 12.3. The molecule has 17 heavy (non-hydrogen) atoms. The van der Waals surface area contributed by atoms with Crippen molar-refractivity contribution >= 4 is 15.9 Å². The molecule has 0 amide bonds. The van der Waals surface area contributed by atoms with Gasteiger partial charge in [0.25, 0.3) is 0 Å². The maximum Gasteiger partial charge on any atom is 0.142 e. The first-order valence-electron chi connectivity index (χ1n) is 5.28. The van der Waals surface area contributed by atoms with Crippen molar-refractivity contribution in [1.82, 2.24) is 15.3 Å². The Balaban J connectivity index is 2.42. The van der Waals surface area contributed by atoms with E-state index < -0.39 is 0 Å². The summed E-state index contributed by atoms with van der Waals surface area (Å²) in [7, 11) is 3.56. The van der Waals surface area contributed by atoms with Gasteiger partial charge in [-0.1, -0.05) is 12.1 Å². The molecule has 1 heterocycles. The fourth-order valence-corrected chi connectivity index (χ4v) is 2.07. The number of methoxy groups -OCH3 is 1. The summed E-state index contributed by atoms with van der Waals surface area (Å²) in [5.74, 6) is 1.62. The summed E-state index contributed by atoms with van der Waals surface area (Å²) in [6.07, 6.45) is 0. The maximum absolute atomic E-state index is 5.32. The van der Waals surface area contributed by atoms with Gasteiger partial charge in [0.15, 0.2) is 0 Å². The molecule has 2 aromatic rings. The number of aromatic nitrogens is 2. The predicted octanol–water partition coefficient (Wildman–Crippen LogP) is 2.57. The molecule has 0 unspecified atom stereocenters. The van der Waals surface area contributed by atoms with Crippen LogP contribution in [0.2, 0.25) is 0 Å². The van der Waals surface area contributed by atoms with Gasteiger partial charge in [-0.15, -0.1) is 0 Å². The molecule has 5 heteroatoms. The van der Waals surface area contributed by atoms with E-state index in [-0.39, 0.29) is 0 Å². The Morgan fingerprint density at radius 3 is 2.88 bits per heavy atom. The average Bonchev–Trinajstić information content (AvgIpc) is 2.71. The lowest BCUT2D eigenvalue weighted by Gasteiger charge is -2.04. The number of hydrogen-bond acceptors (Lipinski definition) is 3. The summed E-state index contributed by atoms with van der Waals surface area (Å²) >= 11 is 3.44. The Bertz CT molecular complexity index is 510. The van der Waals surface area contributed by atoms with E-state index in [1.54, 1.807) is 7.11 Å². The first-order valence-corrected chi connectivity index (χ1v) is 6.08. The lowest BCUT2D eigenvalue weighted by atomic mass is 10.2. The van der Waals surface area contributed by atoms with Crippen LogP contribution in [0.5, 0.6) is 5.75 Å². The Labute approximate surface area is 109 Å². The molecule has 4 nitrogen and oxygen atoms in total. The summed E-state index contributed by atoms with van der Waals surface area (Å²) < 4.78 is 6.14. The van der Waals surface area contributed by atoms with Gasteiger partial charge in [0.1, 0.15) is 16.2 Å². The van der Waals surface area contributed by atoms with Crippen molar-refractivity contribution in [3.8, 4) is 17.1 Å². The molecule has 0 bridgehead atoms. The van der Waals surface area contributed by atoms with Crippen molar-refractivity contribution in [3.63, 3.8) is 0 Å². The van der Waals surface area contributed by atoms with Crippen LogP contribution < -0.4 is 10.1 Å². The van der Waals surface area contributed by atoms with Crippen LogP contribution >= 0.6 is 15.9 Å². The minimum Gasteiger partial charge on any atom is -0.496 e. The second-order valence-corrected chi connectivity index (χ2v) is 4.34. The van der Waals surface area contributed by atoms with E-state index in [2.05, 4.69) is 31.2 Å². The van der Waals surface area contributed by atoms with Gasteiger partial charge in [-0.05, 0) is 35.1 Å². The molecule has 0 aliphatic rings. The van der Waals surface area contributed by atoms with Crippen molar-refractivity contribution < 1.29 is 4.74 Å². The van der Waals surface area contributed by atoms with E-state index in [1.165, 1.54) is 0 Å². The predicted molar refractivity (Wildman–Crippen MR) is 71.0 cm³/mol. The number of nitrogens with zero attached hydrogens (tertiary/aromatic N) is 1. The molecule has 1 aromatic heterocycles. The van der Waals surface area contributed by atoms with Crippen molar-refractivity contribution in [2.75, 3.05) is 14.2 Å². The van der Waals surface area contributed by atoms with Crippen LogP contribution in [0.15, 0.2) is 28.9 Å². The maximum atomic E-state index is 5.32. The van der Waals surface area contributed by atoms with E-state index >= 15 is 0 Å². The molecule has 0 aliphatic heterocycles. The van der Waals surface area contributed by atoms with Gasteiger partial charge < -0.3 is 15.0 Å². The number of H-pyrrole nitrogens is 1. The molecule has 2 N–H and O–H groups in total. The molecule has 0 aliphatic carbocycles. The molecular weight excluding hydrogens is 282 g/mol. The minimum absolute atomic E-state index is 0.739. The Morgan fingerprint density at radius 1 is 1.41 bits per heavy atom. The minimum atomic E-state index is 0.739. The largest absolute Gasteiger partial charge is 0.496 e. The van der Waals surface area contributed by atoms with E-state index in [0.717, 1.165) is 34.0 Å². The quantitative estimate of drug-likeness (QED) is 0.911. The fraction of sp³-hybridized carbons (Fsp3) is 0.250. The topological polar surface area (TPSA) is 49.9 Å². The van der Waals surface area contributed by atoms with Crippen molar-refractivity contribution in [3.05, 3.63) is 34.6 Å². The van der Waals surface area contributed by atoms with Crippen molar-refractivity contribution in [1.29, 1.82) is 0 Å². The van der Waals surface area contributed by atoms with Crippen LogP contribution in [0, 0.1) is 0 Å². The van der Waals surface area contributed by atoms with Crippen LogP contribution in [0.1, 0.15) is 5.69 Å². The first-order chi connectivity index (χ1) is 8.26. The zero-order valence-electron chi connectivity index (χ0n) is 9.75. The summed E-state index contributed by atoms with van der Waals surface area (Å²) in [6.45, 7) is 0.739. The van der Waals surface area contributed by atoms with Crippen molar-refractivity contribution in [2.45, 2.75) is 6.54 Å². The van der Waals surface area contributed by atoms with Gasteiger partial charge >= 0.3 is 0 Å². The summed E-state index contributed by atoms with van der Waals surface area (Å²) in [4.78, 5) is 7.72. The molecule has 90 valence electrons. The standard InChI is InChI=1S/C12H14BrN3O/c1-14-7-9-11(13)16-12(15-9)8-5-3-4-6-10(8)17-2/h3-6,14H,7H2,1-2H3,(H,15,16). The Kier molecular flexibility index (Phi) is 3.81. The average molecular weight is 296 g/mol. The molecule has 0 saturated carbocycles. The van der Waals surface area contributed by atoms with E-state index in [4.69, 9.17) is 4.74 Å². The molecule has 0 atom stereocenters. The Hall–Kier alpha value is -1.33. The molecule has 1 aromatic carbocycles. The smallest absolute Gasteiger partial charge is 0.142 e. The second-order valence-electron chi connectivity index (χ2n) is 3.59. The molecule has 0 fully saturated rings. The number of hydrogen-bond donors (Lipinski definition) is 2.